The van der Waals surface area contributed by atoms with Crippen LogP contribution in [0.3, 0.4) is 0 Å². The molecular weight excluding hydrogens is 286 g/mol. The van der Waals surface area contributed by atoms with Crippen LogP contribution in [0.2, 0.25) is 0 Å². The lowest BCUT2D eigenvalue weighted by Crippen LogP contribution is -2.34. The Bertz CT molecular complexity index is 604. The summed E-state index contributed by atoms with van der Waals surface area (Å²) in [6.45, 7) is 1.26. The van der Waals surface area contributed by atoms with Crippen LogP contribution in [0.15, 0.2) is 48.6 Å². The van der Waals surface area contributed by atoms with Gasteiger partial charge in [0.15, 0.2) is 6.61 Å². The van der Waals surface area contributed by atoms with Crippen molar-refractivity contribution < 1.29 is 23.9 Å². The summed E-state index contributed by atoms with van der Waals surface area (Å²) in [4.78, 5) is 34.7. The number of amides is 2. The SMILES string of the molecule is C/C=C/C=C/C(=O)OCC(=O)NC(=O)c1ccccc1OC. The molecule has 6 nitrogen and oxygen atoms in total. The van der Waals surface area contributed by atoms with E-state index in [9.17, 15) is 14.4 Å². The van der Waals surface area contributed by atoms with Crippen molar-refractivity contribution in [2.24, 2.45) is 0 Å². The quantitative estimate of drug-likeness (QED) is 0.491. The summed E-state index contributed by atoms with van der Waals surface area (Å²) in [7, 11) is 1.42. The Morgan fingerprint density at radius 1 is 1.18 bits per heavy atom. The highest BCUT2D eigenvalue weighted by atomic mass is 16.5. The highest BCUT2D eigenvalue weighted by Gasteiger charge is 2.15. The van der Waals surface area contributed by atoms with E-state index in [1.54, 1.807) is 37.3 Å². The normalized spacial score (nSPS) is 10.6. The van der Waals surface area contributed by atoms with Crippen LogP contribution in [0.25, 0.3) is 0 Å². The number of para-hydroxylation sites is 1. The molecule has 0 atom stereocenters. The molecule has 0 spiro atoms. The summed E-state index contributed by atoms with van der Waals surface area (Å²) in [5.74, 6) is -1.66. The minimum Gasteiger partial charge on any atom is -0.496 e. The number of rotatable bonds is 6. The molecule has 2 amide bonds. The monoisotopic (exact) mass is 303 g/mol. The molecule has 6 heteroatoms. The van der Waals surface area contributed by atoms with Gasteiger partial charge in [-0.2, -0.15) is 0 Å². The number of hydrogen-bond donors (Lipinski definition) is 1. The number of esters is 1. The second-order valence-corrected chi connectivity index (χ2v) is 4.07. The van der Waals surface area contributed by atoms with E-state index < -0.39 is 24.4 Å². The molecule has 0 unspecified atom stereocenters. The molecule has 0 bridgehead atoms. The highest BCUT2D eigenvalue weighted by molar-refractivity contribution is 6.06. The van der Waals surface area contributed by atoms with Crippen molar-refractivity contribution in [1.82, 2.24) is 5.32 Å². The summed E-state index contributed by atoms with van der Waals surface area (Å²) in [6.07, 6.45) is 6.05. The standard InChI is InChI=1S/C16H17NO5/c1-3-4-5-10-15(19)22-11-14(18)17-16(20)12-8-6-7-9-13(12)21-2/h3-10H,11H2,1-2H3,(H,17,18,20)/b4-3+,10-5+. The zero-order valence-corrected chi connectivity index (χ0v) is 12.4. The summed E-state index contributed by atoms with van der Waals surface area (Å²) in [6, 6.07) is 6.48. The van der Waals surface area contributed by atoms with Crippen LogP contribution in [-0.2, 0) is 14.3 Å². The molecule has 0 aliphatic rings. The van der Waals surface area contributed by atoms with Gasteiger partial charge in [0, 0.05) is 6.08 Å². The topological polar surface area (TPSA) is 81.7 Å². The smallest absolute Gasteiger partial charge is 0.331 e. The van der Waals surface area contributed by atoms with Gasteiger partial charge >= 0.3 is 5.97 Å². The molecule has 116 valence electrons. The van der Waals surface area contributed by atoms with Crippen molar-refractivity contribution in [3.8, 4) is 5.75 Å². The van der Waals surface area contributed by atoms with Gasteiger partial charge in [-0.1, -0.05) is 30.4 Å². The first kappa shape index (κ1) is 17.2. The molecule has 0 fully saturated rings. The van der Waals surface area contributed by atoms with Gasteiger partial charge in [0.05, 0.1) is 12.7 Å². The van der Waals surface area contributed by atoms with Crippen molar-refractivity contribution in [3.63, 3.8) is 0 Å². The van der Waals surface area contributed by atoms with E-state index in [1.165, 1.54) is 25.3 Å². The molecule has 22 heavy (non-hydrogen) atoms. The van der Waals surface area contributed by atoms with E-state index in [1.807, 2.05) is 0 Å². The Balaban J connectivity index is 2.51. The van der Waals surface area contributed by atoms with Gasteiger partial charge in [-0.05, 0) is 19.1 Å². The second kappa shape index (κ2) is 9.12. The minimum absolute atomic E-state index is 0.220. The first-order chi connectivity index (χ1) is 10.6. The first-order valence-corrected chi connectivity index (χ1v) is 6.51. The van der Waals surface area contributed by atoms with Gasteiger partial charge in [-0.15, -0.1) is 0 Å². The molecule has 0 heterocycles. The average Bonchev–Trinajstić information content (AvgIpc) is 2.53. The van der Waals surface area contributed by atoms with Crippen LogP contribution in [0.5, 0.6) is 5.75 Å². The van der Waals surface area contributed by atoms with Gasteiger partial charge < -0.3 is 9.47 Å². The third-order valence-corrected chi connectivity index (χ3v) is 2.49. The number of ether oxygens (including phenoxy) is 2. The molecule has 0 aliphatic carbocycles. The van der Waals surface area contributed by atoms with Crippen molar-refractivity contribution in [3.05, 3.63) is 54.1 Å². The minimum atomic E-state index is -0.719. The molecule has 0 aromatic heterocycles. The van der Waals surface area contributed by atoms with Gasteiger partial charge in [0.25, 0.3) is 11.8 Å². The predicted octanol–water partition coefficient (Wildman–Crippen LogP) is 1.63. The van der Waals surface area contributed by atoms with Crippen molar-refractivity contribution in [1.29, 1.82) is 0 Å². The molecule has 1 N–H and O–H groups in total. The summed E-state index contributed by atoms with van der Waals surface area (Å²) in [5, 5.41) is 2.12. The Hall–Kier alpha value is -2.89. The zero-order chi connectivity index (χ0) is 16.4. The average molecular weight is 303 g/mol. The lowest BCUT2D eigenvalue weighted by molar-refractivity contribution is -0.143. The molecule has 0 saturated heterocycles. The number of benzene rings is 1. The largest absolute Gasteiger partial charge is 0.496 e. The third-order valence-electron chi connectivity index (χ3n) is 2.49. The fraction of sp³-hybridized carbons (Fsp3) is 0.188. The molecule has 0 radical (unpaired) electrons. The molecule has 1 aromatic rings. The summed E-state index contributed by atoms with van der Waals surface area (Å²) >= 11 is 0. The lowest BCUT2D eigenvalue weighted by atomic mass is 10.2. The van der Waals surface area contributed by atoms with Crippen molar-refractivity contribution in [2.45, 2.75) is 6.92 Å². The number of methoxy groups -OCH3 is 1. The van der Waals surface area contributed by atoms with E-state index in [-0.39, 0.29) is 5.56 Å². The van der Waals surface area contributed by atoms with Crippen LogP contribution in [0.4, 0.5) is 0 Å². The highest BCUT2D eigenvalue weighted by Crippen LogP contribution is 2.16. The molecule has 1 aromatic carbocycles. The van der Waals surface area contributed by atoms with Crippen LogP contribution in [-0.4, -0.2) is 31.5 Å². The van der Waals surface area contributed by atoms with E-state index in [4.69, 9.17) is 4.74 Å². The second-order valence-electron chi connectivity index (χ2n) is 4.07. The number of imide groups is 1. The maximum Gasteiger partial charge on any atom is 0.331 e. The maximum absolute atomic E-state index is 11.9. The van der Waals surface area contributed by atoms with E-state index in [2.05, 4.69) is 10.1 Å². The van der Waals surface area contributed by atoms with Crippen LogP contribution in [0, 0.1) is 0 Å². The van der Waals surface area contributed by atoms with E-state index >= 15 is 0 Å². The maximum atomic E-state index is 11.9. The zero-order valence-electron chi connectivity index (χ0n) is 12.4. The number of carbonyl (C=O) groups excluding carboxylic acids is 3. The fourth-order valence-corrected chi connectivity index (χ4v) is 1.49. The Labute approximate surface area is 128 Å². The summed E-state index contributed by atoms with van der Waals surface area (Å²) in [5.41, 5.74) is 0.220. The molecule has 1 rings (SSSR count). The van der Waals surface area contributed by atoms with Crippen LogP contribution in [0.1, 0.15) is 17.3 Å². The van der Waals surface area contributed by atoms with Gasteiger partial charge in [-0.25, -0.2) is 4.79 Å². The number of allylic oxidation sites excluding steroid dienone is 3. The first-order valence-electron chi connectivity index (χ1n) is 6.51. The molecule has 0 saturated carbocycles. The third kappa shape index (κ3) is 5.62. The van der Waals surface area contributed by atoms with Gasteiger partial charge in [0.1, 0.15) is 5.75 Å². The van der Waals surface area contributed by atoms with Gasteiger partial charge in [0.2, 0.25) is 0 Å². The number of hydrogen-bond acceptors (Lipinski definition) is 5. The van der Waals surface area contributed by atoms with Gasteiger partial charge in [-0.3, -0.25) is 14.9 Å². The van der Waals surface area contributed by atoms with Crippen molar-refractivity contribution in [2.75, 3.05) is 13.7 Å². The Morgan fingerprint density at radius 2 is 1.91 bits per heavy atom. The number of nitrogens with one attached hydrogen (secondary N) is 1. The fourth-order valence-electron chi connectivity index (χ4n) is 1.49. The van der Waals surface area contributed by atoms with E-state index in [0.717, 1.165) is 0 Å². The van der Waals surface area contributed by atoms with Crippen molar-refractivity contribution >= 4 is 17.8 Å². The Kier molecular flexibility index (Phi) is 7.12. The number of carbonyl (C=O) groups is 3. The molecule has 0 aliphatic heterocycles. The van der Waals surface area contributed by atoms with E-state index in [0.29, 0.717) is 5.75 Å². The lowest BCUT2D eigenvalue weighted by Gasteiger charge is -2.08. The Morgan fingerprint density at radius 3 is 2.59 bits per heavy atom. The van der Waals surface area contributed by atoms with Crippen LogP contribution >= 0.6 is 0 Å². The predicted molar refractivity (Wildman–Crippen MR) is 80.4 cm³/mol. The molecular formula is C16H17NO5. The summed E-state index contributed by atoms with van der Waals surface area (Å²) < 4.78 is 9.72. The van der Waals surface area contributed by atoms with Crippen LogP contribution < -0.4 is 10.1 Å².